The number of rotatable bonds is 4. The van der Waals surface area contributed by atoms with Gasteiger partial charge in [0.1, 0.15) is 5.75 Å². The van der Waals surface area contributed by atoms with Crippen LogP contribution in [0.5, 0.6) is 5.75 Å². The van der Waals surface area contributed by atoms with Crippen molar-refractivity contribution in [3.05, 3.63) is 23.2 Å². The number of hydrogen-bond acceptors (Lipinski definition) is 3. The molecule has 3 aliphatic rings. The van der Waals surface area contributed by atoms with Crippen LogP contribution in [-0.4, -0.2) is 54.5 Å². The van der Waals surface area contributed by atoms with Crippen molar-refractivity contribution in [2.75, 3.05) is 32.1 Å². The molecule has 6 nitrogen and oxygen atoms in total. The third kappa shape index (κ3) is 3.68. The van der Waals surface area contributed by atoms with Crippen molar-refractivity contribution in [2.24, 2.45) is 5.92 Å². The van der Waals surface area contributed by atoms with Crippen LogP contribution in [0.1, 0.15) is 26.2 Å². The van der Waals surface area contributed by atoms with Gasteiger partial charge in [-0.15, -0.1) is 0 Å². The number of ether oxygens (including phenoxy) is 1. The second-order valence-electron chi connectivity index (χ2n) is 6.64. The number of urea groups is 1. The summed E-state index contributed by atoms with van der Waals surface area (Å²) >= 11 is 6.03. The van der Waals surface area contributed by atoms with E-state index in [4.69, 9.17) is 16.3 Å². The van der Waals surface area contributed by atoms with E-state index in [9.17, 15) is 9.59 Å². The van der Waals surface area contributed by atoms with E-state index in [0.717, 1.165) is 25.8 Å². The fourth-order valence-electron chi connectivity index (χ4n) is 3.71. The summed E-state index contributed by atoms with van der Waals surface area (Å²) in [5.74, 6) is 0.644. The van der Waals surface area contributed by atoms with Gasteiger partial charge in [-0.2, -0.15) is 0 Å². The van der Waals surface area contributed by atoms with Crippen molar-refractivity contribution in [1.82, 2.24) is 9.80 Å². The molecule has 1 aromatic carbocycles. The van der Waals surface area contributed by atoms with E-state index in [0.29, 0.717) is 29.5 Å². The second kappa shape index (κ2) is 7.52. The summed E-state index contributed by atoms with van der Waals surface area (Å²) in [6, 6.07) is 4.99. The zero-order valence-electron chi connectivity index (χ0n) is 14.6. The van der Waals surface area contributed by atoms with Gasteiger partial charge in [-0.05, 0) is 37.5 Å². The van der Waals surface area contributed by atoms with Crippen molar-refractivity contribution < 1.29 is 14.3 Å². The van der Waals surface area contributed by atoms with Gasteiger partial charge < -0.3 is 19.9 Å². The van der Waals surface area contributed by atoms with Gasteiger partial charge in [0, 0.05) is 30.7 Å². The number of fused-ring (bicyclic) bond motifs is 4. The average molecular weight is 366 g/mol. The van der Waals surface area contributed by atoms with Gasteiger partial charge in [0.05, 0.1) is 18.7 Å². The van der Waals surface area contributed by atoms with Crippen LogP contribution in [0.2, 0.25) is 5.02 Å². The highest BCUT2D eigenvalue weighted by molar-refractivity contribution is 6.31. The lowest BCUT2D eigenvalue weighted by atomic mass is 9.94. The first-order valence-electron chi connectivity index (χ1n) is 8.73. The SMILES string of the molecule is CCCN1C(=O)[C@H]2CC[C@@H]1CN(C(=O)Nc1cc(Cl)ccc1OC)C2. The smallest absolute Gasteiger partial charge is 0.322 e. The molecule has 7 heteroatoms. The molecule has 25 heavy (non-hydrogen) atoms. The summed E-state index contributed by atoms with van der Waals surface area (Å²) in [6.45, 7) is 3.86. The Morgan fingerprint density at radius 2 is 2.16 bits per heavy atom. The molecule has 136 valence electrons. The summed E-state index contributed by atoms with van der Waals surface area (Å²) in [5, 5.41) is 3.40. The number of hydrogen-bond donors (Lipinski definition) is 1. The van der Waals surface area contributed by atoms with Crippen molar-refractivity contribution >= 4 is 29.2 Å². The van der Waals surface area contributed by atoms with Gasteiger partial charge in [0.25, 0.3) is 0 Å². The molecule has 0 spiro atoms. The van der Waals surface area contributed by atoms with Crippen LogP contribution in [0.25, 0.3) is 0 Å². The molecule has 0 unspecified atom stereocenters. The van der Waals surface area contributed by atoms with Gasteiger partial charge in [-0.3, -0.25) is 4.79 Å². The molecule has 1 aromatic rings. The molecule has 3 heterocycles. The fourth-order valence-corrected chi connectivity index (χ4v) is 3.89. The summed E-state index contributed by atoms with van der Waals surface area (Å²) in [7, 11) is 1.55. The molecule has 3 amide bonds. The monoisotopic (exact) mass is 365 g/mol. The maximum Gasteiger partial charge on any atom is 0.322 e. The Kier molecular flexibility index (Phi) is 5.37. The Balaban J connectivity index is 1.75. The first kappa shape index (κ1) is 17.9. The maximum absolute atomic E-state index is 12.8. The van der Waals surface area contributed by atoms with Crippen LogP contribution in [-0.2, 0) is 4.79 Å². The molecular weight excluding hydrogens is 342 g/mol. The number of halogens is 1. The molecule has 0 aromatic heterocycles. The molecule has 3 saturated heterocycles. The van der Waals surface area contributed by atoms with E-state index < -0.39 is 0 Å². The highest BCUT2D eigenvalue weighted by Crippen LogP contribution is 2.31. The number of piperidine rings is 1. The van der Waals surface area contributed by atoms with Gasteiger partial charge >= 0.3 is 6.03 Å². The van der Waals surface area contributed by atoms with Gasteiger partial charge in [0.2, 0.25) is 5.91 Å². The molecule has 0 aliphatic carbocycles. The Morgan fingerprint density at radius 3 is 2.88 bits per heavy atom. The highest BCUT2D eigenvalue weighted by Gasteiger charge is 2.41. The number of carbonyl (C=O) groups excluding carboxylic acids is 2. The quantitative estimate of drug-likeness (QED) is 0.891. The van der Waals surface area contributed by atoms with Crippen LogP contribution in [0, 0.1) is 5.92 Å². The van der Waals surface area contributed by atoms with E-state index in [1.807, 2.05) is 4.90 Å². The fraction of sp³-hybridized carbons (Fsp3) is 0.556. The molecule has 3 fully saturated rings. The first-order valence-corrected chi connectivity index (χ1v) is 9.11. The Hall–Kier alpha value is -1.95. The molecule has 3 aliphatic heterocycles. The maximum atomic E-state index is 12.8. The lowest BCUT2D eigenvalue weighted by Crippen LogP contribution is -2.48. The standard InChI is InChI=1S/C18H24ClN3O3/c1-3-8-22-14-6-4-12(17(22)23)10-21(11-14)18(24)20-15-9-13(19)5-7-16(15)25-2/h5,7,9,12,14H,3-4,6,8,10-11H2,1-2H3,(H,20,24)/t12-,14+/m0/s1. The lowest BCUT2D eigenvalue weighted by molar-refractivity contribution is -0.139. The largest absolute Gasteiger partial charge is 0.495 e. The van der Waals surface area contributed by atoms with Crippen molar-refractivity contribution in [3.63, 3.8) is 0 Å². The minimum absolute atomic E-state index is 0.0997. The Labute approximate surface area is 153 Å². The summed E-state index contributed by atoms with van der Waals surface area (Å²) < 4.78 is 5.28. The van der Waals surface area contributed by atoms with Crippen LogP contribution >= 0.6 is 11.6 Å². The number of nitrogens with one attached hydrogen (secondary N) is 1. The molecular formula is C18H24ClN3O3. The predicted octanol–water partition coefficient (Wildman–Crippen LogP) is 3.21. The number of benzene rings is 1. The minimum Gasteiger partial charge on any atom is -0.495 e. The molecule has 1 N–H and O–H groups in total. The van der Waals surface area contributed by atoms with E-state index in [1.165, 1.54) is 0 Å². The first-order chi connectivity index (χ1) is 12.0. The van der Waals surface area contributed by atoms with Crippen LogP contribution in [0.3, 0.4) is 0 Å². The zero-order chi connectivity index (χ0) is 18.0. The zero-order valence-corrected chi connectivity index (χ0v) is 15.4. The summed E-state index contributed by atoms with van der Waals surface area (Å²) in [6.07, 6.45) is 2.75. The number of carbonyl (C=O) groups is 2. The van der Waals surface area contributed by atoms with Crippen molar-refractivity contribution in [3.8, 4) is 5.75 Å². The Bertz CT molecular complexity index is 667. The van der Waals surface area contributed by atoms with Gasteiger partial charge in [0.15, 0.2) is 0 Å². The summed E-state index contributed by atoms with van der Waals surface area (Å²) in [4.78, 5) is 29.1. The average Bonchev–Trinajstić information content (AvgIpc) is 2.88. The van der Waals surface area contributed by atoms with Crippen molar-refractivity contribution in [1.29, 1.82) is 0 Å². The number of amides is 3. The normalized spacial score (nSPS) is 22.8. The van der Waals surface area contributed by atoms with Crippen LogP contribution in [0.4, 0.5) is 10.5 Å². The molecule has 4 rings (SSSR count). The van der Waals surface area contributed by atoms with Crippen molar-refractivity contribution in [2.45, 2.75) is 32.2 Å². The van der Waals surface area contributed by atoms with E-state index in [-0.39, 0.29) is 23.9 Å². The number of methoxy groups -OCH3 is 1. The highest BCUT2D eigenvalue weighted by atomic mass is 35.5. The topological polar surface area (TPSA) is 61.9 Å². The van der Waals surface area contributed by atoms with E-state index >= 15 is 0 Å². The van der Waals surface area contributed by atoms with Gasteiger partial charge in [-0.25, -0.2) is 4.79 Å². The van der Waals surface area contributed by atoms with E-state index in [2.05, 4.69) is 12.2 Å². The number of anilines is 1. The van der Waals surface area contributed by atoms with Crippen LogP contribution < -0.4 is 10.1 Å². The van der Waals surface area contributed by atoms with E-state index in [1.54, 1.807) is 30.2 Å². The third-order valence-corrected chi connectivity index (χ3v) is 5.18. The second-order valence-corrected chi connectivity index (χ2v) is 7.08. The van der Waals surface area contributed by atoms with Gasteiger partial charge in [-0.1, -0.05) is 18.5 Å². The Morgan fingerprint density at radius 1 is 1.36 bits per heavy atom. The third-order valence-electron chi connectivity index (χ3n) is 4.95. The molecule has 0 saturated carbocycles. The predicted molar refractivity (Wildman–Crippen MR) is 97.1 cm³/mol. The summed E-state index contributed by atoms with van der Waals surface area (Å²) in [5.41, 5.74) is 0.535. The lowest BCUT2D eigenvalue weighted by Gasteiger charge is -2.35. The number of nitrogens with zero attached hydrogens (tertiary/aromatic N) is 2. The molecule has 2 atom stereocenters. The molecule has 0 radical (unpaired) electrons. The van der Waals surface area contributed by atoms with Crippen LogP contribution in [0.15, 0.2) is 18.2 Å². The molecule has 2 bridgehead atoms. The minimum atomic E-state index is -0.219.